The molecular weight excluding hydrogens is 415 g/mol. The van der Waals surface area contributed by atoms with Crippen LogP contribution in [0.25, 0.3) is 22.6 Å². The summed E-state index contributed by atoms with van der Waals surface area (Å²) in [6.07, 6.45) is 7.36. The fourth-order valence-corrected chi connectivity index (χ4v) is 4.15. The first-order chi connectivity index (χ1) is 13.6. The molecule has 0 aliphatic heterocycles. The van der Waals surface area contributed by atoms with E-state index in [4.69, 9.17) is 33.0 Å². The molecule has 0 radical (unpaired) electrons. The molecule has 142 valence electrons. The Balaban J connectivity index is 2.10. The first kappa shape index (κ1) is 18.9. The molecule has 0 aliphatic carbocycles. The van der Waals surface area contributed by atoms with Crippen molar-refractivity contribution < 1.29 is 4.74 Å². The zero-order valence-electron chi connectivity index (χ0n) is 15.1. The van der Waals surface area contributed by atoms with Crippen LogP contribution in [0.1, 0.15) is 0 Å². The van der Waals surface area contributed by atoms with Gasteiger partial charge in [-0.3, -0.25) is 0 Å². The Labute approximate surface area is 176 Å². The van der Waals surface area contributed by atoms with E-state index in [1.807, 2.05) is 47.4 Å². The number of imidazole rings is 1. The van der Waals surface area contributed by atoms with E-state index < -0.39 is 0 Å². The number of methoxy groups -OCH3 is 1. The van der Waals surface area contributed by atoms with Crippen molar-refractivity contribution in [1.82, 2.24) is 19.3 Å². The molecule has 0 N–H and O–H groups in total. The number of para-hydroxylation sites is 1. The molecule has 8 heteroatoms. The molecule has 2 heterocycles. The van der Waals surface area contributed by atoms with Crippen LogP contribution in [-0.4, -0.2) is 32.7 Å². The number of aromatic nitrogens is 4. The van der Waals surface area contributed by atoms with Gasteiger partial charge in [-0.15, -0.1) is 11.8 Å². The molecule has 4 aromatic rings. The maximum absolute atomic E-state index is 6.52. The standard InChI is InChI=1S/C20H16Cl2N4OS/c1-27-14-6-3-5-13(11-14)17-19(25-10-9-23-12-25)20(28-2)24-26(17)18-15(21)7-4-8-16(18)22/h3-12H,1-2H3. The molecule has 0 amide bonds. The summed E-state index contributed by atoms with van der Waals surface area (Å²) in [6.45, 7) is 0. The molecule has 0 spiro atoms. The highest BCUT2D eigenvalue weighted by molar-refractivity contribution is 7.98. The first-order valence-electron chi connectivity index (χ1n) is 8.38. The number of ether oxygens (including phenoxy) is 1. The minimum absolute atomic E-state index is 0.518. The summed E-state index contributed by atoms with van der Waals surface area (Å²) in [5.74, 6) is 0.748. The highest BCUT2D eigenvalue weighted by atomic mass is 35.5. The summed E-state index contributed by atoms with van der Waals surface area (Å²) in [4.78, 5) is 4.20. The number of hydrogen-bond donors (Lipinski definition) is 0. The van der Waals surface area contributed by atoms with Crippen molar-refractivity contribution in [3.63, 3.8) is 0 Å². The van der Waals surface area contributed by atoms with Crippen LogP contribution in [0.5, 0.6) is 5.75 Å². The molecule has 28 heavy (non-hydrogen) atoms. The monoisotopic (exact) mass is 430 g/mol. The van der Waals surface area contributed by atoms with Crippen molar-refractivity contribution in [2.45, 2.75) is 5.03 Å². The van der Waals surface area contributed by atoms with Gasteiger partial charge in [-0.25, -0.2) is 9.67 Å². The third kappa shape index (κ3) is 3.28. The molecule has 0 aliphatic rings. The van der Waals surface area contributed by atoms with Gasteiger partial charge >= 0.3 is 0 Å². The lowest BCUT2D eigenvalue weighted by Crippen LogP contribution is -2.03. The maximum Gasteiger partial charge on any atom is 0.143 e. The van der Waals surface area contributed by atoms with E-state index in [0.717, 1.165) is 27.7 Å². The summed E-state index contributed by atoms with van der Waals surface area (Å²) >= 11 is 14.6. The van der Waals surface area contributed by atoms with Gasteiger partial charge in [0.15, 0.2) is 0 Å². The zero-order valence-corrected chi connectivity index (χ0v) is 17.5. The lowest BCUT2D eigenvalue weighted by Gasteiger charge is -2.13. The molecule has 5 nitrogen and oxygen atoms in total. The molecule has 4 rings (SSSR count). The maximum atomic E-state index is 6.52. The number of benzene rings is 2. The summed E-state index contributed by atoms with van der Waals surface area (Å²) in [7, 11) is 1.64. The van der Waals surface area contributed by atoms with Crippen molar-refractivity contribution in [2.75, 3.05) is 13.4 Å². The predicted molar refractivity (Wildman–Crippen MR) is 114 cm³/mol. The largest absolute Gasteiger partial charge is 0.497 e. The Kier molecular flexibility index (Phi) is 5.35. The number of thioether (sulfide) groups is 1. The third-order valence-electron chi connectivity index (χ3n) is 4.28. The van der Waals surface area contributed by atoms with E-state index in [9.17, 15) is 0 Å². The van der Waals surface area contributed by atoms with Gasteiger partial charge in [-0.2, -0.15) is 5.10 Å². The van der Waals surface area contributed by atoms with E-state index >= 15 is 0 Å². The average molecular weight is 431 g/mol. The normalized spacial score (nSPS) is 11.0. The Morgan fingerprint density at radius 2 is 1.79 bits per heavy atom. The molecule has 0 saturated heterocycles. The Morgan fingerprint density at radius 3 is 2.43 bits per heavy atom. The first-order valence-corrected chi connectivity index (χ1v) is 10.4. The summed E-state index contributed by atoms with van der Waals surface area (Å²) < 4.78 is 9.16. The molecule has 0 fully saturated rings. The summed E-state index contributed by atoms with van der Waals surface area (Å²) in [5.41, 5.74) is 3.29. The van der Waals surface area contributed by atoms with E-state index in [1.165, 1.54) is 0 Å². The van der Waals surface area contributed by atoms with Crippen LogP contribution in [0.4, 0.5) is 0 Å². The predicted octanol–water partition coefficient (Wildman–Crippen LogP) is 5.76. The Morgan fingerprint density at radius 1 is 1.04 bits per heavy atom. The van der Waals surface area contributed by atoms with Crippen LogP contribution in [-0.2, 0) is 0 Å². The molecule has 0 unspecified atom stereocenters. The Bertz CT molecular complexity index is 1110. The van der Waals surface area contributed by atoms with Crippen molar-refractivity contribution in [3.8, 4) is 28.4 Å². The van der Waals surface area contributed by atoms with Crippen molar-refractivity contribution in [1.29, 1.82) is 0 Å². The molecule has 2 aromatic heterocycles. The van der Waals surface area contributed by atoms with Gasteiger partial charge in [0.2, 0.25) is 0 Å². The van der Waals surface area contributed by atoms with Crippen LogP contribution in [0.2, 0.25) is 10.0 Å². The second-order valence-electron chi connectivity index (χ2n) is 5.89. The zero-order chi connectivity index (χ0) is 19.7. The molecule has 0 bridgehead atoms. The number of hydrogen-bond acceptors (Lipinski definition) is 4. The van der Waals surface area contributed by atoms with Gasteiger partial charge in [0.1, 0.15) is 22.2 Å². The van der Waals surface area contributed by atoms with Crippen LogP contribution in [0.15, 0.2) is 66.2 Å². The number of halogens is 2. The average Bonchev–Trinajstić information content (AvgIpc) is 3.35. The fourth-order valence-electron chi connectivity index (χ4n) is 3.03. The minimum Gasteiger partial charge on any atom is -0.497 e. The quantitative estimate of drug-likeness (QED) is 0.377. The molecule has 0 saturated carbocycles. The van der Waals surface area contributed by atoms with Crippen molar-refractivity contribution in [3.05, 3.63) is 71.2 Å². The van der Waals surface area contributed by atoms with Gasteiger partial charge in [0.25, 0.3) is 0 Å². The van der Waals surface area contributed by atoms with Crippen LogP contribution >= 0.6 is 35.0 Å². The second kappa shape index (κ2) is 7.91. The SMILES string of the molecule is COc1cccc(-c2c(-n3ccnc3)c(SC)nn2-c2c(Cl)cccc2Cl)c1. The van der Waals surface area contributed by atoms with E-state index in [1.54, 1.807) is 48.2 Å². The summed E-state index contributed by atoms with van der Waals surface area (Å²) in [5, 5.41) is 6.69. The summed E-state index contributed by atoms with van der Waals surface area (Å²) in [6, 6.07) is 13.2. The Hall–Kier alpha value is -2.41. The van der Waals surface area contributed by atoms with Gasteiger partial charge in [0, 0.05) is 18.0 Å². The lowest BCUT2D eigenvalue weighted by atomic mass is 10.1. The van der Waals surface area contributed by atoms with E-state index in [2.05, 4.69) is 4.98 Å². The minimum atomic E-state index is 0.518. The van der Waals surface area contributed by atoms with Crippen molar-refractivity contribution in [2.24, 2.45) is 0 Å². The topological polar surface area (TPSA) is 44.9 Å². The smallest absolute Gasteiger partial charge is 0.143 e. The fraction of sp³-hybridized carbons (Fsp3) is 0.100. The molecule has 0 atom stereocenters. The van der Waals surface area contributed by atoms with Crippen LogP contribution < -0.4 is 4.74 Å². The molecular formula is C20H16Cl2N4OS. The lowest BCUT2D eigenvalue weighted by molar-refractivity contribution is 0.415. The number of nitrogens with zero attached hydrogens (tertiary/aromatic N) is 4. The van der Waals surface area contributed by atoms with Crippen molar-refractivity contribution >= 4 is 35.0 Å². The van der Waals surface area contributed by atoms with Gasteiger partial charge < -0.3 is 9.30 Å². The van der Waals surface area contributed by atoms with Gasteiger partial charge in [-0.05, 0) is 30.5 Å². The van der Waals surface area contributed by atoms with Crippen LogP contribution in [0.3, 0.4) is 0 Å². The van der Waals surface area contributed by atoms with E-state index in [0.29, 0.717) is 15.7 Å². The van der Waals surface area contributed by atoms with Crippen LogP contribution in [0, 0.1) is 0 Å². The highest BCUT2D eigenvalue weighted by Crippen LogP contribution is 2.40. The van der Waals surface area contributed by atoms with E-state index in [-0.39, 0.29) is 0 Å². The number of rotatable bonds is 5. The van der Waals surface area contributed by atoms with Gasteiger partial charge in [-0.1, -0.05) is 41.4 Å². The second-order valence-corrected chi connectivity index (χ2v) is 7.50. The highest BCUT2D eigenvalue weighted by Gasteiger charge is 2.24. The third-order valence-corrected chi connectivity index (χ3v) is 5.55. The molecule has 2 aromatic carbocycles. The van der Waals surface area contributed by atoms with Gasteiger partial charge in [0.05, 0.1) is 29.2 Å².